The van der Waals surface area contributed by atoms with Gasteiger partial charge in [-0.25, -0.2) is 0 Å². The van der Waals surface area contributed by atoms with E-state index in [1.54, 1.807) is 0 Å². The van der Waals surface area contributed by atoms with Crippen molar-refractivity contribution in [3.8, 4) is 0 Å². The summed E-state index contributed by atoms with van der Waals surface area (Å²) in [6.45, 7) is 16.8. The summed E-state index contributed by atoms with van der Waals surface area (Å²) in [5.41, 5.74) is 2.77. The molecule has 0 aliphatic rings. The Morgan fingerprint density at radius 1 is 1.00 bits per heavy atom. The molecule has 0 spiro atoms. The molecule has 0 amide bonds. The Balaban J connectivity index is 2.81. The first-order valence-electron chi connectivity index (χ1n) is 7.61. The van der Waals surface area contributed by atoms with Crippen molar-refractivity contribution >= 4 is 0 Å². The number of hydrogen-bond acceptors (Lipinski definition) is 2. The normalized spacial score (nSPS) is 14.3. The van der Waals surface area contributed by atoms with Crippen LogP contribution in [0.3, 0.4) is 0 Å². The van der Waals surface area contributed by atoms with Crippen LogP contribution in [0, 0.1) is 0 Å². The number of likely N-dealkylation sites (N-methyl/N-ethyl adjacent to an activating group) is 1. The Labute approximate surface area is 124 Å². The van der Waals surface area contributed by atoms with Gasteiger partial charge >= 0.3 is 0 Å². The predicted octanol–water partition coefficient (Wildman–Crippen LogP) is 4.45. The first kappa shape index (κ1) is 17.2. The molecule has 0 aliphatic carbocycles. The van der Waals surface area contributed by atoms with Gasteiger partial charge in [-0.05, 0) is 43.9 Å². The molecule has 1 aromatic carbocycles. The fourth-order valence-electron chi connectivity index (χ4n) is 2.07. The first-order chi connectivity index (χ1) is 9.13. The Kier molecular flexibility index (Phi) is 5.79. The van der Waals surface area contributed by atoms with E-state index in [0.29, 0.717) is 6.61 Å². The van der Waals surface area contributed by atoms with Gasteiger partial charge in [-0.2, -0.15) is 0 Å². The molecule has 2 heteroatoms. The molecule has 0 radical (unpaired) electrons. The van der Waals surface area contributed by atoms with Gasteiger partial charge in [-0.15, -0.1) is 0 Å². The third kappa shape index (κ3) is 5.64. The summed E-state index contributed by atoms with van der Waals surface area (Å²) >= 11 is 0. The summed E-state index contributed by atoms with van der Waals surface area (Å²) in [5, 5.41) is 3.50. The molecule has 0 fully saturated rings. The highest BCUT2D eigenvalue weighted by Crippen LogP contribution is 2.24. The lowest BCUT2D eigenvalue weighted by atomic mass is 9.86. The average Bonchev–Trinajstić information content (AvgIpc) is 2.32. The minimum absolute atomic E-state index is 0.0982. The van der Waals surface area contributed by atoms with Crippen LogP contribution in [0.5, 0.6) is 0 Å². The largest absolute Gasteiger partial charge is 0.374 e. The van der Waals surface area contributed by atoms with E-state index < -0.39 is 0 Å². The van der Waals surface area contributed by atoms with E-state index in [1.165, 1.54) is 11.1 Å². The summed E-state index contributed by atoms with van der Waals surface area (Å²) in [7, 11) is 0. The second-order valence-electron chi connectivity index (χ2n) is 7.41. The molecule has 0 saturated heterocycles. The predicted molar refractivity (Wildman–Crippen MR) is 87.3 cm³/mol. The van der Waals surface area contributed by atoms with Crippen LogP contribution in [-0.2, 0) is 10.2 Å². The van der Waals surface area contributed by atoms with Gasteiger partial charge in [0, 0.05) is 0 Å². The van der Waals surface area contributed by atoms with Crippen LogP contribution in [0.2, 0.25) is 0 Å². The standard InChI is InChI=1S/C18H31NO/c1-8-19-16(13-20-18(5,6)7)14-9-11-15(12-10-14)17(2,3)4/h9-12,16,19H,8,13H2,1-7H3. The second kappa shape index (κ2) is 6.73. The molecule has 1 N–H and O–H groups in total. The van der Waals surface area contributed by atoms with Crippen LogP contribution in [0.1, 0.15) is 65.6 Å². The zero-order valence-electron chi connectivity index (χ0n) is 14.2. The van der Waals surface area contributed by atoms with Crippen molar-refractivity contribution in [3.05, 3.63) is 35.4 Å². The van der Waals surface area contributed by atoms with Crippen molar-refractivity contribution in [1.82, 2.24) is 5.32 Å². The van der Waals surface area contributed by atoms with Gasteiger partial charge in [-0.1, -0.05) is 52.0 Å². The number of ether oxygens (including phenoxy) is 1. The van der Waals surface area contributed by atoms with Gasteiger partial charge < -0.3 is 10.1 Å². The molecule has 0 saturated carbocycles. The van der Waals surface area contributed by atoms with Crippen molar-refractivity contribution in [1.29, 1.82) is 0 Å². The van der Waals surface area contributed by atoms with Gasteiger partial charge in [-0.3, -0.25) is 0 Å². The van der Waals surface area contributed by atoms with E-state index in [2.05, 4.69) is 78.0 Å². The lowest BCUT2D eigenvalue weighted by Gasteiger charge is -2.26. The van der Waals surface area contributed by atoms with E-state index in [0.717, 1.165) is 6.54 Å². The van der Waals surface area contributed by atoms with Gasteiger partial charge in [0.1, 0.15) is 0 Å². The SMILES string of the molecule is CCNC(COC(C)(C)C)c1ccc(C(C)(C)C)cc1. The molecule has 1 aromatic rings. The summed E-state index contributed by atoms with van der Waals surface area (Å²) < 4.78 is 5.93. The molecule has 20 heavy (non-hydrogen) atoms. The van der Waals surface area contributed by atoms with E-state index in [4.69, 9.17) is 4.74 Å². The average molecular weight is 277 g/mol. The second-order valence-corrected chi connectivity index (χ2v) is 7.41. The monoisotopic (exact) mass is 277 g/mol. The van der Waals surface area contributed by atoms with E-state index >= 15 is 0 Å². The van der Waals surface area contributed by atoms with Crippen molar-refractivity contribution in [3.63, 3.8) is 0 Å². The topological polar surface area (TPSA) is 21.3 Å². The fourth-order valence-corrected chi connectivity index (χ4v) is 2.07. The van der Waals surface area contributed by atoms with Crippen LogP contribution in [-0.4, -0.2) is 18.8 Å². The molecule has 1 rings (SSSR count). The Bertz CT molecular complexity index is 395. The minimum atomic E-state index is -0.0982. The van der Waals surface area contributed by atoms with Gasteiger partial charge in [0.15, 0.2) is 0 Å². The maximum atomic E-state index is 5.93. The van der Waals surface area contributed by atoms with Crippen molar-refractivity contribution in [2.45, 2.75) is 65.5 Å². The Hall–Kier alpha value is -0.860. The molecule has 0 heterocycles. The van der Waals surface area contributed by atoms with Crippen LogP contribution in [0.4, 0.5) is 0 Å². The molecule has 0 bridgehead atoms. The lowest BCUT2D eigenvalue weighted by molar-refractivity contribution is -0.0146. The zero-order valence-corrected chi connectivity index (χ0v) is 14.2. The molecule has 114 valence electrons. The number of rotatable bonds is 5. The van der Waals surface area contributed by atoms with Crippen LogP contribution >= 0.6 is 0 Å². The maximum Gasteiger partial charge on any atom is 0.0668 e. The lowest BCUT2D eigenvalue weighted by Crippen LogP contribution is -2.30. The highest BCUT2D eigenvalue weighted by atomic mass is 16.5. The van der Waals surface area contributed by atoms with E-state index in [-0.39, 0.29) is 17.1 Å². The van der Waals surface area contributed by atoms with Crippen molar-refractivity contribution in [2.24, 2.45) is 0 Å². The molecule has 0 aromatic heterocycles. The maximum absolute atomic E-state index is 5.93. The van der Waals surface area contributed by atoms with Crippen LogP contribution < -0.4 is 5.32 Å². The summed E-state index contributed by atoms with van der Waals surface area (Å²) in [5.74, 6) is 0. The van der Waals surface area contributed by atoms with E-state index in [1.807, 2.05) is 0 Å². The highest BCUT2D eigenvalue weighted by Gasteiger charge is 2.18. The van der Waals surface area contributed by atoms with Gasteiger partial charge in [0.2, 0.25) is 0 Å². The fraction of sp³-hybridized carbons (Fsp3) is 0.667. The first-order valence-corrected chi connectivity index (χ1v) is 7.61. The third-order valence-electron chi connectivity index (χ3n) is 3.31. The third-order valence-corrected chi connectivity index (χ3v) is 3.31. The molecule has 2 nitrogen and oxygen atoms in total. The number of hydrogen-bond donors (Lipinski definition) is 1. The zero-order chi connectivity index (χ0) is 15.4. The minimum Gasteiger partial charge on any atom is -0.374 e. The molecule has 1 unspecified atom stereocenters. The quantitative estimate of drug-likeness (QED) is 0.858. The molecule has 0 aliphatic heterocycles. The number of nitrogens with one attached hydrogen (secondary N) is 1. The van der Waals surface area contributed by atoms with E-state index in [9.17, 15) is 0 Å². The number of benzene rings is 1. The Morgan fingerprint density at radius 2 is 1.55 bits per heavy atom. The highest BCUT2D eigenvalue weighted by molar-refractivity contribution is 5.29. The summed E-state index contributed by atoms with van der Waals surface area (Å²) in [6, 6.07) is 9.17. The summed E-state index contributed by atoms with van der Waals surface area (Å²) in [6.07, 6.45) is 0. The smallest absolute Gasteiger partial charge is 0.0668 e. The van der Waals surface area contributed by atoms with Crippen LogP contribution in [0.25, 0.3) is 0 Å². The summed E-state index contributed by atoms with van der Waals surface area (Å²) in [4.78, 5) is 0. The van der Waals surface area contributed by atoms with Gasteiger partial charge in [0.25, 0.3) is 0 Å². The van der Waals surface area contributed by atoms with Gasteiger partial charge in [0.05, 0.1) is 18.2 Å². The van der Waals surface area contributed by atoms with Crippen molar-refractivity contribution in [2.75, 3.05) is 13.2 Å². The molecular formula is C18H31NO. The molecule has 1 atom stereocenters. The van der Waals surface area contributed by atoms with Crippen LogP contribution in [0.15, 0.2) is 24.3 Å². The van der Waals surface area contributed by atoms with Crippen molar-refractivity contribution < 1.29 is 4.74 Å². The molecular weight excluding hydrogens is 246 g/mol. The Morgan fingerprint density at radius 3 is 1.95 bits per heavy atom.